The SMILES string of the molecule is CN(C)CCC(=O)c1ccc2c(c1)CC(NC(=O)c1ccc(F)cc1)C2.O=C(O)C(F)(F)F. The molecule has 0 heterocycles. The van der Waals surface area contributed by atoms with E-state index in [9.17, 15) is 27.2 Å². The van der Waals surface area contributed by atoms with Crippen LogP contribution in [0.4, 0.5) is 17.6 Å². The van der Waals surface area contributed by atoms with Gasteiger partial charge < -0.3 is 15.3 Å². The highest BCUT2D eigenvalue weighted by molar-refractivity contribution is 5.96. The molecule has 0 saturated carbocycles. The van der Waals surface area contributed by atoms with E-state index in [2.05, 4.69) is 5.32 Å². The van der Waals surface area contributed by atoms with Crippen LogP contribution in [0.3, 0.4) is 0 Å². The molecule has 0 aromatic heterocycles. The van der Waals surface area contributed by atoms with Crippen LogP contribution in [0.5, 0.6) is 0 Å². The minimum Gasteiger partial charge on any atom is -0.475 e. The molecule has 6 nitrogen and oxygen atoms in total. The Morgan fingerprint density at radius 2 is 1.55 bits per heavy atom. The number of Topliss-reactive ketones (excluding diaryl/α,β-unsaturated/α-hetero) is 1. The van der Waals surface area contributed by atoms with Gasteiger partial charge in [0.05, 0.1) is 0 Å². The van der Waals surface area contributed by atoms with Gasteiger partial charge in [0, 0.05) is 30.1 Å². The van der Waals surface area contributed by atoms with Crippen molar-refractivity contribution in [2.24, 2.45) is 0 Å². The lowest BCUT2D eigenvalue weighted by Crippen LogP contribution is -2.35. The Kier molecular flexibility index (Phi) is 8.69. The molecule has 1 unspecified atom stereocenters. The lowest BCUT2D eigenvalue weighted by molar-refractivity contribution is -0.192. The molecule has 1 aliphatic carbocycles. The fourth-order valence-corrected chi connectivity index (χ4v) is 3.23. The quantitative estimate of drug-likeness (QED) is 0.501. The van der Waals surface area contributed by atoms with Gasteiger partial charge in [-0.15, -0.1) is 0 Å². The van der Waals surface area contributed by atoms with E-state index in [-0.39, 0.29) is 23.5 Å². The highest BCUT2D eigenvalue weighted by atomic mass is 19.4. The molecule has 2 aromatic carbocycles. The lowest BCUT2D eigenvalue weighted by atomic mass is 10.0. The van der Waals surface area contributed by atoms with E-state index in [1.807, 2.05) is 37.2 Å². The number of nitrogens with one attached hydrogen (secondary N) is 1. The smallest absolute Gasteiger partial charge is 0.475 e. The molecule has 178 valence electrons. The summed E-state index contributed by atoms with van der Waals surface area (Å²) < 4.78 is 44.7. The highest BCUT2D eigenvalue weighted by Gasteiger charge is 2.38. The molecule has 3 rings (SSSR count). The summed E-state index contributed by atoms with van der Waals surface area (Å²) in [5.41, 5.74) is 3.46. The predicted molar refractivity (Wildman–Crippen MR) is 113 cm³/mol. The number of halogens is 4. The molecule has 0 spiro atoms. The van der Waals surface area contributed by atoms with Crippen molar-refractivity contribution < 1.29 is 37.1 Å². The molecule has 1 aliphatic rings. The summed E-state index contributed by atoms with van der Waals surface area (Å²) in [6.45, 7) is 0.728. The number of hydrogen-bond donors (Lipinski definition) is 2. The van der Waals surface area contributed by atoms with Crippen molar-refractivity contribution >= 4 is 17.7 Å². The van der Waals surface area contributed by atoms with Gasteiger partial charge in [0.25, 0.3) is 5.91 Å². The van der Waals surface area contributed by atoms with E-state index in [0.29, 0.717) is 18.4 Å². The van der Waals surface area contributed by atoms with Crippen LogP contribution in [-0.4, -0.2) is 60.5 Å². The van der Waals surface area contributed by atoms with Gasteiger partial charge in [0.1, 0.15) is 5.82 Å². The number of carbonyl (C=O) groups excluding carboxylic acids is 2. The zero-order valence-electron chi connectivity index (χ0n) is 18.1. The van der Waals surface area contributed by atoms with E-state index in [1.54, 1.807) is 0 Å². The van der Waals surface area contributed by atoms with Crippen molar-refractivity contribution in [3.05, 3.63) is 70.5 Å². The summed E-state index contributed by atoms with van der Waals surface area (Å²) >= 11 is 0. The molecule has 33 heavy (non-hydrogen) atoms. The molecule has 0 aliphatic heterocycles. The monoisotopic (exact) mass is 468 g/mol. The number of benzene rings is 2. The number of amides is 1. The molecule has 0 radical (unpaired) electrons. The third-order valence-electron chi connectivity index (χ3n) is 4.93. The number of aliphatic carboxylic acids is 1. The van der Waals surface area contributed by atoms with Gasteiger partial charge >= 0.3 is 12.1 Å². The highest BCUT2D eigenvalue weighted by Crippen LogP contribution is 2.24. The van der Waals surface area contributed by atoms with E-state index >= 15 is 0 Å². The maximum absolute atomic E-state index is 13.0. The number of rotatable bonds is 6. The van der Waals surface area contributed by atoms with Crippen molar-refractivity contribution in [1.82, 2.24) is 10.2 Å². The van der Waals surface area contributed by atoms with Gasteiger partial charge in [-0.25, -0.2) is 9.18 Å². The number of carboxylic acid groups (broad SMARTS) is 1. The maximum atomic E-state index is 13.0. The minimum absolute atomic E-state index is 0.00493. The Labute approximate surface area is 188 Å². The van der Waals surface area contributed by atoms with Gasteiger partial charge in [0.15, 0.2) is 5.78 Å². The molecule has 0 saturated heterocycles. The average Bonchev–Trinajstić information content (AvgIpc) is 3.13. The van der Waals surface area contributed by atoms with E-state index in [0.717, 1.165) is 24.1 Å². The zero-order chi connectivity index (χ0) is 24.8. The molecular weight excluding hydrogens is 444 g/mol. The first-order valence-electron chi connectivity index (χ1n) is 10.0. The van der Waals surface area contributed by atoms with Gasteiger partial charge in [-0.2, -0.15) is 13.2 Å². The van der Waals surface area contributed by atoms with Crippen LogP contribution in [0, 0.1) is 5.82 Å². The molecule has 0 bridgehead atoms. The second kappa shape index (κ2) is 11.0. The first-order chi connectivity index (χ1) is 15.4. The minimum atomic E-state index is -5.08. The predicted octanol–water partition coefficient (Wildman–Crippen LogP) is 3.49. The number of fused-ring (bicyclic) bond motifs is 1. The largest absolute Gasteiger partial charge is 0.490 e. The number of alkyl halides is 3. The molecule has 2 N–H and O–H groups in total. The normalized spacial score (nSPS) is 14.8. The number of carbonyl (C=O) groups is 3. The summed E-state index contributed by atoms with van der Waals surface area (Å²) in [4.78, 5) is 35.5. The lowest BCUT2D eigenvalue weighted by Gasteiger charge is -2.12. The molecular formula is C23H24F4N2O4. The van der Waals surface area contributed by atoms with Gasteiger partial charge in [-0.05, 0) is 68.4 Å². The standard InChI is InChI=1S/C21H23FN2O2.C2HF3O2/c1-24(2)10-9-20(25)16-4-3-15-12-19(13-17(15)11-16)23-21(26)14-5-7-18(22)8-6-14;3-2(4,5)1(6)7/h3-8,11,19H,9-10,12-13H2,1-2H3,(H,23,26);(H,6,7). The Morgan fingerprint density at radius 1 is 1.00 bits per heavy atom. The van der Waals surface area contributed by atoms with E-state index in [1.165, 1.54) is 29.8 Å². The molecule has 2 aromatic rings. The van der Waals surface area contributed by atoms with Crippen LogP contribution in [0.1, 0.15) is 38.3 Å². The third kappa shape index (κ3) is 7.98. The molecule has 0 fully saturated rings. The second-order valence-corrected chi connectivity index (χ2v) is 7.85. The van der Waals surface area contributed by atoms with Crippen LogP contribution in [-0.2, 0) is 17.6 Å². The van der Waals surface area contributed by atoms with Crippen molar-refractivity contribution in [1.29, 1.82) is 0 Å². The third-order valence-corrected chi connectivity index (χ3v) is 4.93. The Bertz CT molecular complexity index is 1000. The number of carboxylic acids is 1. The van der Waals surface area contributed by atoms with Gasteiger partial charge in [-0.1, -0.05) is 12.1 Å². The number of hydrogen-bond acceptors (Lipinski definition) is 4. The van der Waals surface area contributed by atoms with Crippen LogP contribution in [0.25, 0.3) is 0 Å². The van der Waals surface area contributed by atoms with Crippen LogP contribution < -0.4 is 5.32 Å². The van der Waals surface area contributed by atoms with Crippen molar-refractivity contribution in [3.8, 4) is 0 Å². The fraction of sp³-hybridized carbons (Fsp3) is 0.348. The van der Waals surface area contributed by atoms with Crippen LogP contribution in [0.2, 0.25) is 0 Å². The maximum Gasteiger partial charge on any atom is 0.490 e. The summed E-state index contributed by atoms with van der Waals surface area (Å²) in [5, 5.41) is 10.1. The Morgan fingerprint density at radius 3 is 2.09 bits per heavy atom. The summed E-state index contributed by atoms with van der Waals surface area (Å²) in [5.74, 6) is -3.18. The van der Waals surface area contributed by atoms with Gasteiger partial charge in [0.2, 0.25) is 0 Å². The average molecular weight is 468 g/mol. The van der Waals surface area contributed by atoms with Crippen molar-refractivity contribution in [2.75, 3.05) is 20.6 Å². The number of ketones is 1. The Hall–Kier alpha value is -3.27. The first kappa shape index (κ1) is 26.0. The second-order valence-electron chi connectivity index (χ2n) is 7.85. The summed E-state index contributed by atoms with van der Waals surface area (Å²) in [6.07, 6.45) is -3.14. The van der Waals surface area contributed by atoms with Gasteiger partial charge in [-0.3, -0.25) is 9.59 Å². The molecule has 10 heteroatoms. The fourth-order valence-electron chi connectivity index (χ4n) is 3.23. The molecule has 1 amide bonds. The Balaban J connectivity index is 0.000000479. The zero-order valence-corrected chi connectivity index (χ0v) is 18.1. The topological polar surface area (TPSA) is 86.7 Å². The van der Waals surface area contributed by atoms with Crippen molar-refractivity contribution in [3.63, 3.8) is 0 Å². The van der Waals surface area contributed by atoms with E-state index < -0.39 is 12.1 Å². The summed E-state index contributed by atoms with van der Waals surface area (Å²) in [6, 6.07) is 11.3. The molecule has 1 atom stereocenters. The first-order valence-corrected chi connectivity index (χ1v) is 10.0. The van der Waals surface area contributed by atoms with E-state index in [4.69, 9.17) is 9.90 Å². The van der Waals surface area contributed by atoms with Crippen molar-refractivity contribution in [2.45, 2.75) is 31.5 Å². The summed E-state index contributed by atoms with van der Waals surface area (Å²) in [7, 11) is 3.90. The van der Waals surface area contributed by atoms with Crippen LogP contribution in [0.15, 0.2) is 42.5 Å². The van der Waals surface area contributed by atoms with Crippen LogP contribution >= 0.6 is 0 Å². The number of nitrogens with zero attached hydrogens (tertiary/aromatic N) is 1.